The van der Waals surface area contributed by atoms with Crippen LogP contribution in [0, 0.1) is 0 Å². The molecular weight excluding hydrogens is 218 g/mol. The first-order valence-electron chi connectivity index (χ1n) is 5.31. The molecule has 1 atom stereocenters. The van der Waals surface area contributed by atoms with E-state index in [4.69, 9.17) is 0 Å². The van der Waals surface area contributed by atoms with E-state index in [0.717, 1.165) is 10.8 Å². The summed E-state index contributed by atoms with van der Waals surface area (Å²) in [6, 6.07) is 9.46. The first-order chi connectivity index (χ1) is 8.22. The molecule has 2 rings (SSSR count). The van der Waals surface area contributed by atoms with Crippen molar-refractivity contribution < 1.29 is 14.6 Å². The van der Waals surface area contributed by atoms with Gasteiger partial charge in [0.2, 0.25) is 0 Å². The summed E-state index contributed by atoms with van der Waals surface area (Å²) < 4.78 is 4.53. The number of aromatic nitrogens is 1. The molecule has 0 spiro atoms. The van der Waals surface area contributed by atoms with Crippen molar-refractivity contribution in [2.24, 2.45) is 0 Å². The molecule has 0 radical (unpaired) electrons. The smallest absolute Gasteiger partial charge is 0.308 e. The van der Waals surface area contributed by atoms with Gasteiger partial charge < -0.3 is 9.84 Å². The van der Waals surface area contributed by atoms with Gasteiger partial charge in [-0.05, 0) is 11.5 Å². The van der Waals surface area contributed by atoms with Crippen molar-refractivity contribution >= 4 is 16.7 Å². The highest BCUT2D eigenvalue weighted by molar-refractivity contribution is 5.85. The average Bonchev–Trinajstić information content (AvgIpc) is 2.37. The number of methoxy groups -OCH3 is 1. The molecule has 0 fully saturated rings. The lowest BCUT2D eigenvalue weighted by Gasteiger charge is -2.11. The van der Waals surface area contributed by atoms with Gasteiger partial charge in [0, 0.05) is 11.6 Å². The molecule has 0 aliphatic rings. The minimum absolute atomic E-state index is 0.0858. The summed E-state index contributed by atoms with van der Waals surface area (Å²) in [5.41, 5.74) is 0.508. The third kappa shape index (κ3) is 2.42. The zero-order valence-corrected chi connectivity index (χ0v) is 9.46. The Kier molecular flexibility index (Phi) is 3.35. The van der Waals surface area contributed by atoms with Crippen molar-refractivity contribution in [1.29, 1.82) is 0 Å². The van der Waals surface area contributed by atoms with Crippen LogP contribution >= 0.6 is 0 Å². The Morgan fingerprint density at radius 3 is 2.94 bits per heavy atom. The molecular formula is C13H13NO3. The van der Waals surface area contributed by atoms with Gasteiger partial charge in [0.05, 0.1) is 19.2 Å². The Balaban J connectivity index is 2.38. The van der Waals surface area contributed by atoms with Crippen molar-refractivity contribution in [2.75, 3.05) is 7.11 Å². The number of esters is 1. The van der Waals surface area contributed by atoms with E-state index < -0.39 is 12.1 Å². The molecule has 2 aromatic rings. The van der Waals surface area contributed by atoms with Crippen LogP contribution in [0.1, 0.15) is 18.2 Å². The standard InChI is InChI=1S/C13H13NO3/c1-17-12(16)8-11(15)13-10-5-3-2-4-9(10)6-7-14-13/h2-7,11,15H,8H2,1H3. The minimum atomic E-state index is -0.937. The number of ether oxygens (including phenoxy) is 1. The number of nitrogens with zero attached hydrogens (tertiary/aromatic N) is 1. The number of hydrogen-bond acceptors (Lipinski definition) is 4. The van der Waals surface area contributed by atoms with Crippen LogP contribution in [0.3, 0.4) is 0 Å². The van der Waals surface area contributed by atoms with E-state index in [2.05, 4.69) is 9.72 Å². The van der Waals surface area contributed by atoms with Crippen LogP contribution < -0.4 is 0 Å². The quantitative estimate of drug-likeness (QED) is 0.819. The lowest BCUT2D eigenvalue weighted by atomic mass is 10.0. The SMILES string of the molecule is COC(=O)CC(O)c1nccc2ccccc12. The number of hydrogen-bond donors (Lipinski definition) is 1. The predicted octanol–water partition coefficient (Wildman–Crippen LogP) is 1.83. The third-order valence-corrected chi connectivity index (χ3v) is 2.61. The van der Waals surface area contributed by atoms with Gasteiger partial charge >= 0.3 is 5.97 Å². The molecule has 1 unspecified atom stereocenters. The molecule has 0 saturated carbocycles. The Labute approximate surface area is 98.9 Å². The number of carbonyl (C=O) groups excluding carboxylic acids is 1. The monoisotopic (exact) mass is 231 g/mol. The largest absolute Gasteiger partial charge is 0.469 e. The summed E-state index contributed by atoms with van der Waals surface area (Å²) in [5, 5.41) is 11.8. The highest BCUT2D eigenvalue weighted by Gasteiger charge is 2.16. The van der Waals surface area contributed by atoms with Gasteiger partial charge in [0.1, 0.15) is 6.10 Å². The fourth-order valence-corrected chi connectivity index (χ4v) is 1.75. The van der Waals surface area contributed by atoms with Gasteiger partial charge in [0.25, 0.3) is 0 Å². The maximum absolute atomic E-state index is 11.1. The van der Waals surface area contributed by atoms with E-state index in [-0.39, 0.29) is 6.42 Å². The van der Waals surface area contributed by atoms with Crippen molar-refractivity contribution in [3.63, 3.8) is 0 Å². The first-order valence-corrected chi connectivity index (χ1v) is 5.31. The number of aliphatic hydroxyl groups is 1. The first kappa shape index (κ1) is 11.5. The van der Waals surface area contributed by atoms with E-state index >= 15 is 0 Å². The van der Waals surface area contributed by atoms with Crippen LogP contribution in [-0.2, 0) is 9.53 Å². The summed E-state index contributed by atoms with van der Waals surface area (Å²) >= 11 is 0. The molecule has 4 nitrogen and oxygen atoms in total. The summed E-state index contributed by atoms with van der Waals surface area (Å²) in [6.45, 7) is 0. The van der Waals surface area contributed by atoms with Gasteiger partial charge in [-0.25, -0.2) is 0 Å². The summed E-state index contributed by atoms with van der Waals surface area (Å²) in [7, 11) is 1.30. The normalized spacial score (nSPS) is 12.4. The van der Waals surface area contributed by atoms with Gasteiger partial charge in [-0.15, -0.1) is 0 Å². The Hall–Kier alpha value is -1.94. The van der Waals surface area contributed by atoms with Crippen LogP contribution in [0.2, 0.25) is 0 Å². The molecule has 1 aromatic carbocycles. The van der Waals surface area contributed by atoms with Crippen molar-refractivity contribution in [3.05, 3.63) is 42.2 Å². The Bertz CT molecular complexity index is 534. The summed E-state index contributed by atoms with van der Waals surface area (Å²) in [5.74, 6) is -0.452. The zero-order valence-electron chi connectivity index (χ0n) is 9.46. The number of rotatable bonds is 3. The highest BCUT2D eigenvalue weighted by Crippen LogP contribution is 2.24. The second kappa shape index (κ2) is 4.93. The third-order valence-electron chi connectivity index (χ3n) is 2.61. The predicted molar refractivity (Wildman–Crippen MR) is 63.3 cm³/mol. The van der Waals surface area contributed by atoms with Crippen LogP contribution in [0.15, 0.2) is 36.5 Å². The zero-order chi connectivity index (χ0) is 12.3. The number of pyridine rings is 1. The van der Waals surface area contributed by atoms with Gasteiger partial charge in [-0.1, -0.05) is 24.3 Å². The van der Waals surface area contributed by atoms with E-state index in [0.29, 0.717) is 5.69 Å². The van der Waals surface area contributed by atoms with Gasteiger partial charge in [0.15, 0.2) is 0 Å². The van der Waals surface area contributed by atoms with E-state index in [1.165, 1.54) is 7.11 Å². The number of carbonyl (C=O) groups is 1. The Morgan fingerprint density at radius 1 is 1.41 bits per heavy atom. The molecule has 0 saturated heterocycles. The molecule has 1 N–H and O–H groups in total. The van der Waals surface area contributed by atoms with Gasteiger partial charge in [-0.3, -0.25) is 9.78 Å². The molecule has 88 valence electrons. The average molecular weight is 231 g/mol. The minimum Gasteiger partial charge on any atom is -0.469 e. The Morgan fingerprint density at radius 2 is 2.18 bits per heavy atom. The number of aliphatic hydroxyl groups excluding tert-OH is 1. The maximum Gasteiger partial charge on any atom is 0.308 e. The van der Waals surface area contributed by atoms with E-state index in [9.17, 15) is 9.90 Å². The van der Waals surface area contributed by atoms with Crippen molar-refractivity contribution in [2.45, 2.75) is 12.5 Å². The number of fused-ring (bicyclic) bond motifs is 1. The van der Waals surface area contributed by atoms with Crippen molar-refractivity contribution in [1.82, 2.24) is 4.98 Å². The van der Waals surface area contributed by atoms with Crippen LogP contribution in [0.25, 0.3) is 10.8 Å². The molecule has 0 aliphatic carbocycles. The summed E-state index contributed by atoms with van der Waals surface area (Å²) in [4.78, 5) is 15.3. The lowest BCUT2D eigenvalue weighted by Crippen LogP contribution is -2.09. The fourth-order valence-electron chi connectivity index (χ4n) is 1.75. The van der Waals surface area contributed by atoms with Crippen molar-refractivity contribution in [3.8, 4) is 0 Å². The highest BCUT2D eigenvalue weighted by atomic mass is 16.5. The maximum atomic E-state index is 11.1. The molecule has 4 heteroatoms. The van der Waals surface area contributed by atoms with E-state index in [1.54, 1.807) is 6.20 Å². The molecule has 1 heterocycles. The second-order valence-corrected chi connectivity index (χ2v) is 3.71. The van der Waals surface area contributed by atoms with Crippen LogP contribution in [0.4, 0.5) is 0 Å². The molecule has 17 heavy (non-hydrogen) atoms. The lowest BCUT2D eigenvalue weighted by molar-refractivity contribution is -0.142. The van der Waals surface area contributed by atoms with E-state index in [1.807, 2.05) is 30.3 Å². The number of benzene rings is 1. The van der Waals surface area contributed by atoms with Crippen LogP contribution in [0.5, 0.6) is 0 Å². The summed E-state index contributed by atoms with van der Waals surface area (Å²) in [6.07, 6.45) is 0.601. The fraction of sp³-hybridized carbons (Fsp3) is 0.231. The molecule has 1 aromatic heterocycles. The molecule has 0 amide bonds. The van der Waals surface area contributed by atoms with Gasteiger partial charge in [-0.2, -0.15) is 0 Å². The molecule has 0 aliphatic heterocycles. The second-order valence-electron chi connectivity index (χ2n) is 3.71. The topological polar surface area (TPSA) is 59.4 Å². The van der Waals surface area contributed by atoms with Crippen LogP contribution in [-0.4, -0.2) is 23.2 Å². The molecule has 0 bridgehead atoms.